The van der Waals surface area contributed by atoms with Gasteiger partial charge in [-0.2, -0.15) is 0 Å². The highest BCUT2D eigenvalue weighted by Gasteiger charge is 2.54. The first-order chi connectivity index (χ1) is 9.11. The van der Waals surface area contributed by atoms with Gasteiger partial charge in [0, 0.05) is 12.6 Å². The molecule has 0 aromatic carbocycles. The standard InChI is InChI=1S/C16H28N2O/c1-9(2)14(8-17)16(19)18-15-7-10-6-13(15)12-5-3-4-11(10)12/h9-15H,3-8,17H2,1-2H3,(H,18,19). The normalized spacial score (nSPS) is 41.6. The lowest BCUT2D eigenvalue weighted by atomic mass is 9.79. The first-order valence-corrected chi connectivity index (χ1v) is 8.12. The maximum absolute atomic E-state index is 12.3. The average molecular weight is 264 g/mol. The molecule has 0 saturated heterocycles. The average Bonchev–Trinajstić information content (AvgIpc) is 2.99. The first kappa shape index (κ1) is 13.4. The predicted molar refractivity (Wildman–Crippen MR) is 76.4 cm³/mol. The molecule has 3 nitrogen and oxygen atoms in total. The fourth-order valence-electron chi connectivity index (χ4n) is 5.21. The third kappa shape index (κ3) is 2.20. The molecule has 2 bridgehead atoms. The molecule has 3 fully saturated rings. The Balaban J connectivity index is 1.61. The van der Waals surface area contributed by atoms with E-state index in [1.807, 2.05) is 0 Å². The Morgan fingerprint density at radius 2 is 1.95 bits per heavy atom. The van der Waals surface area contributed by atoms with E-state index in [0.29, 0.717) is 18.5 Å². The van der Waals surface area contributed by atoms with Crippen LogP contribution in [0.2, 0.25) is 0 Å². The Labute approximate surface area is 116 Å². The van der Waals surface area contributed by atoms with Gasteiger partial charge in [0.25, 0.3) is 0 Å². The van der Waals surface area contributed by atoms with Gasteiger partial charge in [-0.15, -0.1) is 0 Å². The van der Waals surface area contributed by atoms with Crippen LogP contribution in [-0.2, 0) is 4.79 Å². The second-order valence-corrected chi connectivity index (χ2v) is 7.36. The predicted octanol–water partition coefficient (Wildman–Crippen LogP) is 2.16. The van der Waals surface area contributed by atoms with Crippen molar-refractivity contribution in [3.05, 3.63) is 0 Å². The fraction of sp³-hybridized carbons (Fsp3) is 0.938. The van der Waals surface area contributed by atoms with Crippen LogP contribution in [0.1, 0.15) is 46.0 Å². The zero-order valence-electron chi connectivity index (χ0n) is 12.3. The van der Waals surface area contributed by atoms with Gasteiger partial charge in [-0.1, -0.05) is 20.3 Å². The van der Waals surface area contributed by atoms with Crippen molar-refractivity contribution < 1.29 is 4.79 Å². The van der Waals surface area contributed by atoms with Crippen molar-refractivity contribution in [2.24, 2.45) is 41.2 Å². The molecule has 19 heavy (non-hydrogen) atoms. The number of carbonyl (C=O) groups excluding carboxylic acids is 1. The van der Waals surface area contributed by atoms with E-state index in [1.54, 1.807) is 0 Å². The zero-order chi connectivity index (χ0) is 13.6. The number of amides is 1. The third-order valence-electron chi connectivity index (χ3n) is 6.15. The second kappa shape index (κ2) is 5.08. The van der Waals surface area contributed by atoms with Gasteiger partial charge in [0.15, 0.2) is 0 Å². The van der Waals surface area contributed by atoms with E-state index < -0.39 is 0 Å². The lowest BCUT2D eigenvalue weighted by molar-refractivity contribution is -0.127. The highest BCUT2D eigenvalue weighted by atomic mass is 16.2. The highest BCUT2D eigenvalue weighted by molar-refractivity contribution is 5.79. The Bertz CT molecular complexity index is 355. The van der Waals surface area contributed by atoms with Crippen LogP contribution >= 0.6 is 0 Å². The highest BCUT2D eigenvalue weighted by Crippen LogP contribution is 2.58. The molecule has 0 heterocycles. The molecule has 6 unspecified atom stereocenters. The number of nitrogens with one attached hydrogen (secondary N) is 1. The molecule has 0 radical (unpaired) electrons. The molecule has 3 N–H and O–H groups in total. The summed E-state index contributed by atoms with van der Waals surface area (Å²) in [5, 5.41) is 3.34. The number of hydrogen-bond acceptors (Lipinski definition) is 2. The summed E-state index contributed by atoms with van der Waals surface area (Å²) in [4.78, 5) is 12.3. The van der Waals surface area contributed by atoms with E-state index in [4.69, 9.17) is 5.73 Å². The van der Waals surface area contributed by atoms with Crippen molar-refractivity contribution in [3.8, 4) is 0 Å². The molecule has 108 valence electrons. The van der Waals surface area contributed by atoms with E-state index >= 15 is 0 Å². The van der Waals surface area contributed by atoms with Crippen LogP contribution in [-0.4, -0.2) is 18.5 Å². The number of carbonyl (C=O) groups is 1. The third-order valence-corrected chi connectivity index (χ3v) is 6.15. The monoisotopic (exact) mass is 264 g/mol. The zero-order valence-corrected chi connectivity index (χ0v) is 12.3. The largest absolute Gasteiger partial charge is 0.353 e. The minimum atomic E-state index is -0.0153. The summed E-state index contributed by atoms with van der Waals surface area (Å²) in [6.07, 6.45) is 6.87. The Kier molecular flexibility index (Phi) is 3.59. The second-order valence-electron chi connectivity index (χ2n) is 7.36. The number of hydrogen-bond donors (Lipinski definition) is 2. The molecule has 1 amide bonds. The number of rotatable bonds is 4. The maximum Gasteiger partial charge on any atom is 0.224 e. The minimum absolute atomic E-state index is 0.0153. The molecular weight excluding hydrogens is 236 g/mol. The summed E-state index contributed by atoms with van der Waals surface area (Å²) in [5.41, 5.74) is 5.75. The van der Waals surface area contributed by atoms with Gasteiger partial charge < -0.3 is 11.1 Å². The number of fused-ring (bicyclic) bond motifs is 5. The fourth-order valence-corrected chi connectivity index (χ4v) is 5.21. The van der Waals surface area contributed by atoms with Crippen LogP contribution in [0.25, 0.3) is 0 Å². The molecule has 0 aromatic rings. The van der Waals surface area contributed by atoms with E-state index in [2.05, 4.69) is 19.2 Å². The summed E-state index contributed by atoms with van der Waals surface area (Å²) >= 11 is 0. The van der Waals surface area contributed by atoms with E-state index in [1.165, 1.54) is 32.1 Å². The van der Waals surface area contributed by atoms with Crippen molar-refractivity contribution >= 4 is 5.91 Å². The molecule has 3 saturated carbocycles. The van der Waals surface area contributed by atoms with Crippen LogP contribution in [0.4, 0.5) is 0 Å². The van der Waals surface area contributed by atoms with Crippen LogP contribution < -0.4 is 11.1 Å². The first-order valence-electron chi connectivity index (χ1n) is 8.12. The summed E-state index contributed by atoms with van der Waals surface area (Å²) in [5.74, 6) is 4.10. The van der Waals surface area contributed by atoms with Gasteiger partial charge >= 0.3 is 0 Å². The lowest BCUT2D eigenvalue weighted by Crippen LogP contribution is -2.47. The Morgan fingerprint density at radius 1 is 1.21 bits per heavy atom. The summed E-state index contributed by atoms with van der Waals surface area (Å²) in [6, 6.07) is 0.449. The summed E-state index contributed by atoms with van der Waals surface area (Å²) in [6.45, 7) is 4.65. The quantitative estimate of drug-likeness (QED) is 0.817. The molecule has 0 spiro atoms. The van der Waals surface area contributed by atoms with Crippen molar-refractivity contribution in [1.82, 2.24) is 5.32 Å². The van der Waals surface area contributed by atoms with Gasteiger partial charge in [-0.3, -0.25) is 4.79 Å². The molecule has 6 atom stereocenters. The molecule has 0 aromatic heterocycles. The Hall–Kier alpha value is -0.570. The molecule has 3 aliphatic carbocycles. The van der Waals surface area contributed by atoms with Crippen LogP contribution in [0.5, 0.6) is 0 Å². The van der Waals surface area contributed by atoms with E-state index in [0.717, 1.165) is 23.7 Å². The van der Waals surface area contributed by atoms with Gasteiger partial charge in [-0.05, 0) is 55.3 Å². The van der Waals surface area contributed by atoms with Crippen molar-refractivity contribution in [3.63, 3.8) is 0 Å². The molecular formula is C16H28N2O. The maximum atomic E-state index is 12.3. The van der Waals surface area contributed by atoms with Gasteiger partial charge in [0.1, 0.15) is 0 Å². The van der Waals surface area contributed by atoms with E-state index in [-0.39, 0.29) is 11.8 Å². The van der Waals surface area contributed by atoms with Crippen molar-refractivity contribution in [2.45, 2.75) is 52.0 Å². The van der Waals surface area contributed by atoms with Crippen LogP contribution in [0.15, 0.2) is 0 Å². The molecule has 0 aliphatic heterocycles. The SMILES string of the molecule is CC(C)C(CN)C(=O)NC1CC2CC1C1CCCC21. The molecule has 3 aliphatic rings. The Morgan fingerprint density at radius 3 is 2.63 bits per heavy atom. The van der Waals surface area contributed by atoms with Gasteiger partial charge in [0.05, 0.1) is 5.92 Å². The van der Waals surface area contributed by atoms with Crippen LogP contribution in [0, 0.1) is 35.5 Å². The van der Waals surface area contributed by atoms with Gasteiger partial charge in [-0.25, -0.2) is 0 Å². The smallest absolute Gasteiger partial charge is 0.224 e. The number of nitrogens with two attached hydrogens (primary N) is 1. The topological polar surface area (TPSA) is 55.1 Å². The van der Waals surface area contributed by atoms with Gasteiger partial charge in [0.2, 0.25) is 5.91 Å². The minimum Gasteiger partial charge on any atom is -0.353 e. The summed E-state index contributed by atoms with van der Waals surface area (Å²) < 4.78 is 0. The molecule has 3 heteroatoms. The molecule has 3 rings (SSSR count). The van der Waals surface area contributed by atoms with Crippen molar-refractivity contribution in [2.75, 3.05) is 6.54 Å². The summed E-state index contributed by atoms with van der Waals surface area (Å²) in [7, 11) is 0. The van der Waals surface area contributed by atoms with Crippen LogP contribution in [0.3, 0.4) is 0 Å². The van der Waals surface area contributed by atoms with Crippen molar-refractivity contribution in [1.29, 1.82) is 0 Å². The lowest BCUT2D eigenvalue weighted by Gasteiger charge is -2.33. The van der Waals surface area contributed by atoms with E-state index in [9.17, 15) is 4.79 Å².